The van der Waals surface area contributed by atoms with Gasteiger partial charge in [0, 0.05) is 28.5 Å². The molecule has 1 aromatic heterocycles. The Morgan fingerprint density at radius 2 is 1.96 bits per heavy atom. The molecule has 1 N–H and O–H groups in total. The SMILES string of the molecule is C=CCN(CC=C)C(=O)C(C)NC(=O)c1oc2cc(Br)ccc2c1C. The van der Waals surface area contributed by atoms with Crippen LogP contribution in [0.15, 0.2) is 52.4 Å². The normalized spacial score (nSPS) is 11.8. The van der Waals surface area contributed by atoms with Gasteiger partial charge >= 0.3 is 0 Å². The van der Waals surface area contributed by atoms with E-state index in [9.17, 15) is 9.59 Å². The van der Waals surface area contributed by atoms with E-state index < -0.39 is 11.9 Å². The molecule has 1 aromatic carbocycles. The van der Waals surface area contributed by atoms with Crippen molar-refractivity contribution in [2.24, 2.45) is 0 Å². The number of furan rings is 1. The van der Waals surface area contributed by atoms with Gasteiger partial charge in [-0.2, -0.15) is 0 Å². The molecule has 2 amide bonds. The molecule has 6 heteroatoms. The second-order valence-corrected chi connectivity index (χ2v) is 6.63. The molecule has 1 heterocycles. The van der Waals surface area contributed by atoms with Crippen LogP contribution in [0.3, 0.4) is 0 Å². The van der Waals surface area contributed by atoms with E-state index in [2.05, 4.69) is 34.4 Å². The summed E-state index contributed by atoms with van der Waals surface area (Å²) in [4.78, 5) is 26.6. The van der Waals surface area contributed by atoms with Crippen LogP contribution in [0.1, 0.15) is 23.0 Å². The molecule has 132 valence electrons. The van der Waals surface area contributed by atoms with Gasteiger partial charge in [-0.15, -0.1) is 13.2 Å². The number of halogens is 1. The summed E-state index contributed by atoms with van der Waals surface area (Å²) in [5.41, 5.74) is 1.37. The number of benzene rings is 1. The zero-order valence-corrected chi connectivity index (χ0v) is 15.9. The lowest BCUT2D eigenvalue weighted by molar-refractivity contribution is -0.131. The number of fused-ring (bicyclic) bond motifs is 1. The van der Waals surface area contributed by atoms with E-state index in [0.29, 0.717) is 18.7 Å². The van der Waals surface area contributed by atoms with E-state index in [1.807, 2.05) is 25.1 Å². The monoisotopic (exact) mass is 404 g/mol. The highest BCUT2D eigenvalue weighted by atomic mass is 79.9. The quantitative estimate of drug-likeness (QED) is 0.713. The van der Waals surface area contributed by atoms with Crippen LogP contribution in [0.5, 0.6) is 0 Å². The van der Waals surface area contributed by atoms with Gasteiger partial charge in [0.05, 0.1) is 0 Å². The Morgan fingerprint density at radius 1 is 1.32 bits per heavy atom. The van der Waals surface area contributed by atoms with Gasteiger partial charge in [-0.1, -0.05) is 28.1 Å². The Balaban J connectivity index is 2.18. The van der Waals surface area contributed by atoms with Crippen LogP contribution < -0.4 is 5.32 Å². The standard InChI is InChI=1S/C19H21BrN2O3/c1-5-9-22(10-6-2)19(24)13(4)21-18(23)17-12(3)15-8-7-14(20)11-16(15)25-17/h5-8,11,13H,1-2,9-10H2,3-4H3,(H,21,23). The summed E-state index contributed by atoms with van der Waals surface area (Å²) in [7, 11) is 0. The van der Waals surface area contributed by atoms with Crippen LogP contribution in [-0.2, 0) is 4.79 Å². The number of nitrogens with one attached hydrogen (secondary N) is 1. The molecule has 1 atom stereocenters. The van der Waals surface area contributed by atoms with Gasteiger partial charge in [0.15, 0.2) is 5.76 Å². The highest BCUT2D eigenvalue weighted by Gasteiger charge is 2.24. The Labute approximate surface area is 155 Å². The molecule has 0 bridgehead atoms. The molecule has 25 heavy (non-hydrogen) atoms. The average molecular weight is 405 g/mol. The predicted molar refractivity (Wildman–Crippen MR) is 103 cm³/mol. The molecule has 2 aromatic rings. The third-order valence-electron chi connectivity index (χ3n) is 3.84. The first-order valence-corrected chi connectivity index (χ1v) is 8.68. The van der Waals surface area contributed by atoms with E-state index in [-0.39, 0.29) is 11.7 Å². The van der Waals surface area contributed by atoms with E-state index in [1.165, 1.54) is 0 Å². The van der Waals surface area contributed by atoms with Crippen LogP contribution in [0.4, 0.5) is 0 Å². The number of rotatable bonds is 7. The Hall–Kier alpha value is -2.34. The zero-order chi connectivity index (χ0) is 18.6. The van der Waals surface area contributed by atoms with Crippen molar-refractivity contribution < 1.29 is 14.0 Å². The Morgan fingerprint density at radius 3 is 2.56 bits per heavy atom. The number of carbonyl (C=O) groups is 2. The lowest BCUT2D eigenvalue weighted by Crippen LogP contribution is -2.47. The van der Waals surface area contributed by atoms with Gasteiger partial charge in [0.1, 0.15) is 11.6 Å². The maximum absolute atomic E-state index is 12.5. The van der Waals surface area contributed by atoms with Crippen molar-refractivity contribution in [1.82, 2.24) is 10.2 Å². The van der Waals surface area contributed by atoms with Gasteiger partial charge in [-0.3, -0.25) is 9.59 Å². The molecule has 0 aliphatic carbocycles. The molecule has 2 rings (SSSR count). The maximum atomic E-state index is 12.5. The molecule has 0 radical (unpaired) electrons. The fourth-order valence-electron chi connectivity index (χ4n) is 2.58. The van der Waals surface area contributed by atoms with E-state index in [1.54, 1.807) is 24.0 Å². The first-order chi connectivity index (χ1) is 11.9. The number of carbonyl (C=O) groups excluding carboxylic acids is 2. The van der Waals surface area contributed by atoms with Crippen molar-refractivity contribution in [2.45, 2.75) is 19.9 Å². The molecule has 0 saturated carbocycles. The Kier molecular flexibility index (Phi) is 6.20. The first kappa shape index (κ1) is 19.0. The van der Waals surface area contributed by atoms with Gasteiger partial charge in [-0.05, 0) is 32.0 Å². The van der Waals surface area contributed by atoms with Crippen LogP contribution >= 0.6 is 15.9 Å². The molecular weight excluding hydrogens is 384 g/mol. The number of aryl methyl sites for hydroxylation is 1. The van der Waals surface area contributed by atoms with E-state index >= 15 is 0 Å². The van der Waals surface area contributed by atoms with Crippen molar-refractivity contribution in [3.63, 3.8) is 0 Å². The van der Waals surface area contributed by atoms with Gasteiger partial charge < -0.3 is 14.6 Å². The number of amides is 2. The fraction of sp³-hybridized carbons (Fsp3) is 0.263. The van der Waals surface area contributed by atoms with Crippen LogP contribution in [0, 0.1) is 6.92 Å². The fourth-order valence-corrected chi connectivity index (χ4v) is 2.92. The molecule has 0 spiro atoms. The number of hydrogen-bond acceptors (Lipinski definition) is 3. The summed E-state index contributed by atoms with van der Waals surface area (Å²) in [5, 5.41) is 3.57. The van der Waals surface area contributed by atoms with Gasteiger partial charge in [0.25, 0.3) is 5.91 Å². The minimum atomic E-state index is -0.688. The molecule has 1 unspecified atom stereocenters. The molecule has 0 aliphatic rings. The second kappa shape index (κ2) is 8.16. The predicted octanol–water partition coefficient (Wildman–Crippen LogP) is 3.82. The van der Waals surface area contributed by atoms with Crippen LogP contribution in [-0.4, -0.2) is 35.8 Å². The number of nitrogens with zero attached hydrogens (tertiary/aromatic N) is 1. The molecular formula is C19H21BrN2O3. The van der Waals surface area contributed by atoms with Gasteiger partial charge in [0.2, 0.25) is 5.91 Å². The highest BCUT2D eigenvalue weighted by molar-refractivity contribution is 9.10. The molecule has 5 nitrogen and oxygen atoms in total. The lowest BCUT2D eigenvalue weighted by atomic mass is 10.1. The summed E-state index contributed by atoms with van der Waals surface area (Å²) in [6, 6.07) is 4.90. The topological polar surface area (TPSA) is 62.6 Å². The van der Waals surface area contributed by atoms with Crippen molar-refractivity contribution >= 4 is 38.7 Å². The second-order valence-electron chi connectivity index (χ2n) is 5.71. The third kappa shape index (κ3) is 4.20. The van der Waals surface area contributed by atoms with Crippen molar-refractivity contribution in [1.29, 1.82) is 0 Å². The maximum Gasteiger partial charge on any atom is 0.287 e. The molecule has 0 fully saturated rings. The van der Waals surface area contributed by atoms with E-state index in [4.69, 9.17) is 4.42 Å². The Bertz CT molecular complexity index is 815. The first-order valence-electron chi connectivity index (χ1n) is 7.89. The van der Waals surface area contributed by atoms with E-state index in [0.717, 1.165) is 15.4 Å². The zero-order valence-electron chi connectivity index (χ0n) is 14.3. The summed E-state index contributed by atoms with van der Waals surface area (Å²) in [6.45, 7) is 11.5. The summed E-state index contributed by atoms with van der Waals surface area (Å²) in [6.07, 6.45) is 3.27. The lowest BCUT2D eigenvalue weighted by Gasteiger charge is -2.23. The number of hydrogen-bond donors (Lipinski definition) is 1. The minimum Gasteiger partial charge on any atom is -0.451 e. The van der Waals surface area contributed by atoms with Crippen molar-refractivity contribution in [2.75, 3.05) is 13.1 Å². The summed E-state index contributed by atoms with van der Waals surface area (Å²) < 4.78 is 6.55. The molecule has 0 saturated heterocycles. The van der Waals surface area contributed by atoms with Crippen molar-refractivity contribution in [3.8, 4) is 0 Å². The minimum absolute atomic E-state index is 0.204. The van der Waals surface area contributed by atoms with Crippen LogP contribution in [0.2, 0.25) is 0 Å². The van der Waals surface area contributed by atoms with Gasteiger partial charge in [-0.25, -0.2) is 0 Å². The third-order valence-corrected chi connectivity index (χ3v) is 4.33. The highest BCUT2D eigenvalue weighted by Crippen LogP contribution is 2.27. The smallest absolute Gasteiger partial charge is 0.287 e. The van der Waals surface area contributed by atoms with Crippen LogP contribution in [0.25, 0.3) is 11.0 Å². The average Bonchev–Trinajstić information content (AvgIpc) is 2.90. The van der Waals surface area contributed by atoms with Crippen molar-refractivity contribution in [3.05, 3.63) is 59.3 Å². The summed E-state index contributed by atoms with van der Waals surface area (Å²) in [5.74, 6) is -0.403. The summed E-state index contributed by atoms with van der Waals surface area (Å²) >= 11 is 3.38. The molecule has 0 aliphatic heterocycles. The largest absolute Gasteiger partial charge is 0.451 e.